The number of carbonyl (C=O) groups excluding carboxylic acids is 1. The molecular formula is C15H19N3O. The van der Waals surface area contributed by atoms with E-state index in [0.717, 1.165) is 17.8 Å². The molecule has 4 nitrogen and oxygen atoms in total. The minimum atomic E-state index is -0.0491. The van der Waals surface area contributed by atoms with Crippen LogP contribution < -0.4 is 5.32 Å². The zero-order valence-corrected chi connectivity index (χ0v) is 11.6. The number of nitrogens with zero attached hydrogens (tertiary/aromatic N) is 2. The number of hydrogen-bond acceptors (Lipinski definition) is 2. The lowest BCUT2D eigenvalue weighted by Gasteiger charge is -2.08. The summed E-state index contributed by atoms with van der Waals surface area (Å²) in [5, 5.41) is 7.10. The van der Waals surface area contributed by atoms with E-state index in [2.05, 4.69) is 10.4 Å². The van der Waals surface area contributed by atoms with Gasteiger partial charge in [-0.3, -0.25) is 9.48 Å². The standard InChI is InChI=1S/C15H19N3O/c1-4-18-14(7-8-17-18)10-16-15(19)13-6-5-11(2)12(3)9-13/h5-9H,4,10H2,1-3H3,(H,16,19). The highest BCUT2D eigenvalue weighted by atomic mass is 16.1. The van der Waals surface area contributed by atoms with Gasteiger partial charge >= 0.3 is 0 Å². The SMILES string of the molecule is CCn1nccc1CNC(=O)c1ccc(C)c(C)c1. The van der Waals surface area contributed by atoms with Gasteiger partial charge in [-0.25, -0.2) is 0 Å². The van der Waals surface area contributed by atoms with Crippen molar-refractivity contribution in [1.82, 2.24) is 15.1 Å². The summed E-state index contributed by atoms with van der Waals surface area (Å²) in [5.74, 6) is -0.0491. The van der Waals surface area contributed by atoms with Gasteiger partial charge in [0.1, 0.15) is 0 Å². The van der Waals surface area contributed by atoms with Crippen molar-refractivity contribution in [2.24, 2.45) is 0 Å². The molecule has 0 spiro atoms. The van der Waals surface area contributed by atoms with Crippen molar-refractivity contribution in [3.05, 3.63) is 52.8 Å². The first-order chi connectivity index (χ1) is 9.11. The van der Waals surface area contributed by atoms with Crippen LogP contribution in [0.3, 0.4) is 0 Å². The largest absolute Gasteiger partial charge is 0.346 e. The molecule has 0 unspecified atom stereocenters. The van der Waals surface area contributed by atoms with Gasteiger partial charge < -0.3 is 5.32 Å². The van der Waals surface area contributed by atoms with Gasteiger partial charge in [0.2, 0.25) is 0 Å². The van der Waals surface area contributed by atoms with Crippen LogP contribution in [0.15, 0.2) is 30.5 Å². The minimum Gasteiger partial charge on any atom is -0.346 e. The molecule has 0 aliphatic rings. The molecule has 1 aromatic carbocycles. The number of amides is 1. The number of aryl methyl sites for hydroxylation is 3. The third-order valence-electron chi connectivity index (χ3n) is 3.30. The van der Waals surface area contributed by atoms with Crippen LogP contribution in [0.1, 0.15) is 34.1 Å². The van der Waals surface area contributed by atoms with E-state index in [-0.39, 0.29) is 5.91 Å². The molecule has 100 valence electrons. The second kappa shape index (κ2) is 5.69. The third-order valence-corrected chi connectivity index (χ3v) is 3.30. The Hall–Kier alpha value is -2.10. The maximum Gasteiger partial charge on any atom is 0.251 e. The van der Waals surface area contributed by atoms with Crippen molar-refractivity contribution in [2.45, 2.75) is 33.9 Å². The number of benzene rings is 1. The molecule has 0 radical (unpaired) electrons. The lowest BCUT2D eigenvalue weighted by molar-refractivity contribution is 0.0950. The Labute approximate surface area is 113 Å². The van der Waals surface area contributed by atoms with Gasteiger partial charge in [0, 0.05) is 18.3 Å². The minimum absolute atomic E-state index is 0.0491. The zero-order chi connectivity index (χ0) is 13.8. The van der Waals surface area contributed by atoms with Gasteiger partial charge in [0.05, 0.1) is 12.2 Å². The molecule has 1 aromatic heterocycles. The molecule has 0 bridgehead atoms. The highest BCUT2D eigenvalue weighted by molar-refractivity contribution is 5.94. The first-order valence-electron chi connectivity index (χ1n) is 6.48. The van der Waals surface area contributed by atoms with Gasteiger partial charge in [-0.2, -0.15) is 5.10 Å². The van der Waals surface area contributed by atoms with E-state index >= 15 is 0 Å². The van der Waals surface area contributed by atoms with E-state index in [4.69, 9.17) is 0 Å². The van der Waals surface area contributed by atoms with E-state index in [1.807, 2.05) is 49.7 Å². The Bertz CT molecular complexity index is 587. The van der Waals surface area contributed by atoms with Crippen LogP contribution >= 0.6 is 0 Å². The molecule has 1 N–H and O–H groups in total. The first kappa shape index (κ1) is 13.3. The van der Waals surface area contributed by atoms with Crippen LogP contribution in [0.2, 0.25) is 0 Å². The summed E-state index contributed by atoms with van der Waals surface area (Å²) in [6.45, 7) is 7.39. The van der Waals surface area contributed by atoms with Crippen LogP contribution in [-0.4, -0.2) is 15.7 Å². The normalized spacial score (nSPS) is 10.5. The van der Waals surface area contributed by atoms with Gasteiger partial charge in [0.25, 0.3) is 5.91 Å². The average Bonchev–Trinajstić information content (AvgIpc) is 2.86. The highest BCUT2D eigenvalue weighted by Crippen LogP contribution is 2.10. The fraction of sp³-hybridized carbons (Fsp3) is 0.333. The quantitative estimate of drug-likeness (QED) is 0.914. The molecule has 4 heteroatoms. The number of hydrogen-bond donors (Lipinski definition) is 1. The molecule has 0 aliphatic carbocycles. The lowest BCUT2D eigenvalue weighted by Crippen LogP contribution is -2.24. The van der Waals surface area contributed by atoms with Crippen LogP contribution in [0, 0.1) is 13.8 Å². The van der Waals surface area contributed by atoms with Crippen molar-refractivity contribution < 1.29 is 4.79 Å². The zero-order valence-electron chi connectivity index (χ0n) is 11.6. The fourth-order valence-electron chi connectivity index (χ4n) is 1.95. The molecular weight excluding hydrogens is 238 g/mol. The molecule has 0 fully saturated rings. The molecule has 0 saturated heterocycles. The Morgan fingerprint density at radius 1 is 1.26 bits per heavy atom. The molecule has 0 aliphatic heterocycles. The number of nitrogens with one attached hydrogen (secondary N) is 1. The summed E-state index contributed by atoms with van der Waals surface area (Å²) in [6.07, 6.45) is 1.75. The van der Waals surface area contributed by atoms with Gasteiger partial charge in [-0.05, 0) is 50.1 Å². The van der Waals surface area contributed by atoms with Gasteiger partial charge in [-0.15, -0.1) is 0 Å². The van der Waals surface area contributed by atoms with E-state index in [0.29, 0.717) is 12.1 Å². The Morgan fingerprint density at radius 3 is 2.74 bits per heavy atom. The maximum atomic E-state index is 12.1. The number of aromatic nitrogens is 2. The van der Waals surface area contributed by atoms with Crippen molar-refractivity contribution in [2.75, 3.05) is 0 Å². The smallest absolute Gasteiger partial charge is 0.251 e. The molecule has 0 atom stereocenters. The molecule has 2 rings (SSSR count). The molecule has 0 saturated carbocycles. The summed E-state index contributed by atoms with van der Waals surface area (Å²) in [6, 6.07) is 7.67. The van der Waals surface area contributed by atoms with Crippen LogP contribution in [0.25, 0.3) is 0 Å². The topological polar surface area (TPSA) is 46.9 Å². The van der Waals surface area contributed by atoms with Crippen molar-refractivity contribution in [3.63, 3.8) is 0 Å². The number of rotatable bonds is 4. The summed E-state index contributed by atoms with van der Waals surface area (Å²) in [4.78, 5) is 12.1. The second-order valence-electron chi connectivity index (χ2n) is 4.62. The van der Waals surface area contributed by atoms with Gasteiger partial charge in [0.15, 0.2) is 0 Å². The Morgan fingerprint density at radius 2 is 2.05 bits per heavy atom. The van der Waals surface area contributed by atoms with E-state index in [1.165, 1.54) is 5.56 Å². The predicted octanol–water partition coefficient (Wildman–Crippen LogP) is 2.45. The molecule has 1 amide bonds. The molecule has 19 heavy (non-hydrogen) atoms. The summed E-state index contributed by atoms with van der Waals surface area (Å²) >= 11 is 0. The monoisotopic (exact) mass is 257 g/mol. The Kier molecular flexibility index (Phi) is 4.00. The Balaban J connectivity index is 2.03. The van der Waals surface area contributed by atoms with Crippen molar-refractivity contribution >= 4 is 5.91 Å². The van der Waals surface area contributed by atoms with Crippen molar-refractivity contribution in [1.29, 1.82) is 0 Å². The molecule has 1 heterocycles. The van der Waals surface area contributed by atoms with Crippen LogP contribution in [-0.2, 0) is 13.1 Å². The summed E-state index contributed by atoms with van der Waals surface area (Å²) < 4.78 is 1.88. The van der Waals surface area contributed by atoms with E-state index < -0.39 is 0 Å². The van der Waals surface area contributed by atoms with E-state index in [1.54, 1.807) is 6.20 Å². The second-order valence-corrected chi connectivity index (χ2v) is 4.62. The predicted molar refractivity (Wildman–Crippen MR) is 75.0 cm³/mol. The van der Waals surface area contributed by atoms with Crippen molar-refractivity contribution in [3.8, 4) is 0 Å². The van der Waals surface area contributed by atoms with Crippen LogP contribution in [0.4, 0.5) is 0 Å². The third kappa shape index (κ3) is 3.02. The molecule has 2 aromatic rings. The fourth-order valence-corrected chi connectivity index (χ4v) is 1.95. The summed E-state index contributed by atoms with van der Waals surface area (Å²) in [5.41, 5.74) is 4.04. The summed E-state index contributed by atoms with van der Waals surface area (Å²) in [7, 11) is 0. The first-order valence-corrected chi connectivity index (χ1v) is 6.48. The lowest BCUT2D eigenvalue weighted by atomic mass is 10.1. The maximum absolute atomic E-state index is 12.1. The average molecular weight is 257 g/mol. The van der Waals surface area contributed by atoms with Crippen LogP contribution in [0.5, 0.6) is 0 Å². The highest BCUT2D eigenvalue weighted by Gasteiger charge is 2.08. The number of carbonyl (C=O) groups is 1. The van der Waals surface area contributed by atoms with Gasteiger partial charge in [-0.1, -0.05) is 6.07 Å². The van der Waals surface area contributed by atoms with E-state index in [9.17, 15) is 4.79 Å².